The van der Waals surface area contributed by atoms with Crippen LogP contribution in [-0.4, -0.2) is 28.5 Å². The molecule has 0 fully saturated rings. The Labute approximate surface area is 183 Å². The fraction of sp³-hybridized carbons (Fsp3) is 0.222. The van der Waals surface area contributed by atoms with Crippen LogP contribution in [0.25, 0.3) is 10.9 Å². The van der Waals surface area contributed by atoms with Gasteiger partial charge in [-0.15, -0.1) is 0 Å². The Morgan fingerprint density at radius 2 is 1.45 bits per heavy atom. The van der Waals surface area contributed by atoms with Crippen molar-refractivity contribution in [2.75, 3.05) is 6.61 Å². The van der Waals surface area contributed by atoms with Crippen molar-refractivity contribution in [3.05, 3.63) is 108 Å². The molecule has 3 aromatic carbocycles. The van der Waals surface area contributed by atoms with Crippen LogP contribution in [-0.2, 0) is 29.0 Å². The molecule has 0 saturated heterocycles. The molecule has 0 amide bonds. The highest BCUT2D eigenvalue weighted by Crippen LogP contribution is 2.23. The number of nitrogens with zero attached hydrogens (tertiary/aromatic N) is 1. The van der Waals surface area contributed by atoms with Crippen LogP contribution in [0.2, 0.25) is 0 Å². The molecule has 0 bridgehead atoms. The molecule has 158 valence electrons. The number of nitrogens with one attached hydrogen (secondary N) is 1. The summed E-state index contributed by atoms with van der Waals surface area (Å²) in [7, 11) is 0. The van der Waals surface area contributed by atoms with Crippen LogP contribution in [0.15, 0.2) is 91.1 Å². The first-order valence-electron chi connectivity index (χ1n) is 10.8. The van der Waals surface area contributed by atoms with Crippen molar-refractivity contribution in [1.82, 2.24) is 9.88 Å². The predicted molar refractivity (Wildman–Crippen MR) is 125 cm³/mol. The number of H-pyrrole nitrogens is 1. The van der Waals surface area contributed by atoms with Crippen LogP contribution >= 0.6 is 0 Å². The van der Waals surface area contributed by atoms with Crippen molar-refractivity contribution in [1.29, 1.82) is 0 Å². The number of carbonyl (C=O) groups excluding carboxylic acids is 1. The summed E-state index contributed by atoms with van der Waals surface area (Å²) in [5.41, 5.74) is 4.55. The first kappa shape index (κ1) is 20.9. The van der Waals surface area contributed by atoms with Gasteiger partial charge >= 0.3 is 5.97 Å². The standard InChI is InChI=1S/C27H28N2O2/c1-2-31-27(30)26(17-23-18-28-25-16-10-9-15-24(23)25)29(19-21-11-5-3-6-12-21)20-22-13-7-4-8-14-22/h3-16,18,26,28H,2,17,19-20H2,1H3/t26-/m0/s1. The van der Waals surface area contributed by atoms with Crippen molar-refractivity contribution in [3.63, 3.8) is 0 Å². The molecule has 0 unspecified atom stereocenters. The molecule has 1 N–H and O–H groups in total. The van der Waals surface area contributed by atoms with E-state index in [-0.39, 0.29) is 12.0 Å². The summed E-state index contributed by atoms with van der Waals surface area (Å²) in [5, 5.41) is 1.15. The van der Waals surface area contributed by atoms with Gasteiger partial charge in [-0.25, -0.2) is 0 Å². The summed E-state index contributed by atoms with van der Waals surface area (Å²) >= 11 is 0. The summed E-state index contributed by atoms with van der Waals surface area (Å²) in [6, 6.07) is 28.4. The Kier molecular flexibility index (Phi) is 6.80. The van der Waals surface area contributed by atoms with Gasteiger partial charge in [-0.05, 0) is 29.7 Å². The van der Waals surface area contributed by atoms with Crippen LogP contribution in [0.5, 0.6) is 0 Å². The molecule has 4 aromatic rings. The zero-order valence-corrected chi connectivity index (χ0v) is 17.8. The number of rotatable bonds is 9. The maximum atomic E-state index is 13.2. The maximum Gasteiger partial charge on any atom is 0.323 e. The highest BCUT2D eigenvalue weighted by Gasteiger charge is 2.29. The largest absolute Gasteiger partial charge is 0.465 e. The van der Waals surface area contributed by atoms with E-state index in [4.69, 9.17) is 4.74 Å². The number of fused-ring (bicyclic) bond motifs is 1. The molecule has 1 atom stereocenters. The quantitative estimate of drug-likeness (QED) is 0.377. The Morgan fingerprint density at radius 1 is 0.871 bits per heavy atom. The van der Waals surface area contributed by atoms with E-state index < -0.39 is 0 Å². The van der Waals surface area contributed by atoms with Gasteiger partial charge in [0, 0.05) is 36.6 Å². The van der Waals surface area contributed by atoms with E-state index in [9.17, 15) is 4.79 Å². The molecule has 0 aliphatic rings. The number of para-hydroxylation sites is 1. The molecule has 0 saturated carbocycles. The Morgan fingerprint density at radius 3 is 2.06 bits per heavy atom. The van der Waals surface area contributed by atoms with E-state index >= 15 is 0 Å². The normalized spacial score (nSPS) is 12.2. The summed E-state index contributed by atoms with van der Waals surface area (Å²) in [6.07, 6.45) is 2.60. The van der Waals surface area contributed by atoms with Crippen LogP contribution < -0.4 is 0 Å². The second-order valence-electron chi connectivity index (χ2n) is 7.71. The number of esters is 1. The summed E-state index contributed by atoms with van der Waals surface area (Å²) in [6.45, 7) is 3.57. The number of benzene rings is 3. The summed E-state index contributed by atoms with van der Waals surface area (Å²) < 4.78 is 5.53. The zero-order valence-electron chi connectivity index (χ0n) is 17.8. The van der Waals surface area contributed by atoms with Gasteiger partial charge in [-0.3, -0.25) is 9.69 Å². The molecule has 1 aromatic heterocycles. The Balaban J connectivity index is 1.68. The minimum absolute atomic E-state index is 0.181. The minimum atomic E-state index is -0.389. The SMILES string of the molecule is CCOC(=O)[C@H](Cc1c[nH]c2ccccc12)N(Cc1ccccc1)Cc1ccccc1. The van der Waals surface area contributed by atoms with Gasteiger partial charge in [0.25, 0.3) is 0 Å². The Hall–Kier alpha value is -3.37. The van der Waals surface area contributed by atoms with E-state index in [0.29, 0.717) is 26.1 Å². The fourth-order valence-electron chi connectivity index (χ4n) is 4.02. The topological polar surface area (TPSA) is 45.3 Å². The summed E-state index contributed by atoms with van der Waals surface area (Å²) in [4.78, 5) is 18.7. The van der Waals surface area contributed by atoms with E-state index in [1.165, 1.54) is 11.1 Å². The fourth-order valence-corrected chi connectivity index (χ4v) is 4.02. The van der Waals surface area contributed by atoms with Gasteiger partial charge in [0.05, 0.1) is 6.61 Å². The number of aromatic nitrogens is 1. The number of hydrogen-bond acceptors (Lipinski definition) is 3. The number of ether oxygens (including phenoxy) is 1. The lowest BCUT2D eigenvalue weighted by Crippen LogP contribution is -2.43. The van der Waals surface area contributed by atoms with Crippen LogP contribution in [0.4, 0.5) is 0 Å². The van der Waals surface area contributed by atoms with E-state index in [0.717, 1.165) is 16.5 Å². The average Bonchev–Trinajstić information content (AvgIpc) is 3.21. The molecular weight excluding hydrogens is 384 g/mol. The first-order chi connectivity index (χ1) is 15.2. The molecule has 4 heteroatoms. The van der Waals surface area contributed by atoms with Crippen LogP contribution in [0.1, 0.15) is 23.6 Å². The van der Waals surface area contributed by atoms with Gasteiger partial charge < -0.3 is 9.72 Å². The van der Waals surface area contributed by atoms with Crippen molar-refractivity contribution >= 4 is 16.9 Å². The lowest BCUT2D eigenvalue weighted by Gasteiger charge is -2.30. The van der Waals surface area contributed by atoms with Crippen molar-refractivity contribution in [2.24, 2.45) is 0 Å². The third-order valence-electron chi connectivity index (χ3n) is 5.54. The van der Waals surface area contributed by atoms with Gasteiger partial charge in [0.2, 0.25) is 0 Å². The molecule has 0 spiro atoms. The van der Waals surface area contributed by atoms with Crippen LogP contribution in [0, 0.1) is 0 Å². The highest BCUT2D eigenvalue weighted by molar-refractivity contribution is 5.84. The molecule has 31 heavy (non-hydrogen) atoms. The van der Waals surface area contributed by atoms with Crippen LogP contribution in [0.3, 0.4) is 0 Å². The van der Waals surface area contributed by atoms with Crippen molar-refractivity contribution in [3.8, 4) is 0 Å². The Bertz CT molecular complexity index is 1060. The molecule has 4 rings (SSSR count). The first-order valence-corrected chi connectivity index (χ1v) is 10.8. The van der Waals surface area contributed by atoms with E-state index in [1.807, 2.05) is 61.7 Å². The molecule has 0 radical (unpaired) electrons. The van der Waals surface area contributed by atoms with Crippen molar-refractivity contribution in [2.45, 2.75) is 32.5 Å². The molecule has 1 heterocycles. The van der Waals surface area contributed by atoms with Gasteiger partial charge in [0.1, 0.15) is 6.04 Å². The smallest absolute Gasteiger partial charge is 0.323 e. The number of carbonyl (C=O) groups is 1. The van der Waals surface area contributed by atoms with E-state index in [2.05, 4.69) is 46.3 Å². The lowest BCUT2D eigenvalue weighted by molar-refractivity contribution is -0.150. The van der Waals surface area contributed by atoms with Crippen molar-refractivity contribution < 1.29 is 9.53 Å². The van der Waals surface area contributed by atoms with E-state index in [1.54, 1.807) is 0 Å². The molecule has 4 nitrogen and oxygen atoms in total. The highest BCUT2D eigenvalue weighted by atomic mass is 16.5. The summed E-state index contributed by atoms with van der Waals surface area (Å²) in [5.74, 6) is -0.181. The minimum Gasteiger partial charge on any atom is -0.465 e. The van der Waals surface area contributed by atoms with Gasteiger partial charge in [-0.2, -0.15) is 0 Å². The monoisotopic (exact) mass is 412 g/mol. The number of aromatic amines is 1. The van der Waals surface area contributed by atoms with Gasteiger partial charge in [0.15, 0.2) is 0 Å². The molecule has 0 aliphatic heterocycles. The number of hydrogen-bond donors (Lipinski definition) is 1. The third kappa shape index (κ3) is 5.22. The lowest BCUT2D eigenvalue weighted by atomic mass is 10.0. The average molecular weight is 413 g/mol. The maximum absolute atomic E-state index is 13.2. The zero-order chi connectivity index (χ0) is 21.5. The molecule has 0 aliphatic carbocycles. The molecular formula is C27H28N2O2. The second kappa shape index (κ2) is 10.1. The third-order valence-corrected chi connectivity index (χ3v) is 5.54. The second-order valence-corrected chi connectivity index (χ2v) is 7.71. The predicted octanol–water partition coefficient (Wildman–Crippen LogP) is 5.34. The van der Waals surface area contributed by atoms with Gasteiger partial charge in [-0.1, -0.05) is 78.9 Å².